The summed E-state index contributed by atoms with van der Waals surface area (Å²) in [5, 5.41) is 5.86. The molecule has 4 heteroatoms. The van der Waals surface area contributed by atoms with E-state index in [1.807, 2.05) is 20.8 Å². The molecule has 130 valence electrons. The molecule has 24 heavy (non-hydrogen) atoms. The zero-order valence-corrected chi connectivity index (χ0v) is 14.9. The van der Waals surface area contributed by atoms with Crippen LogP contribution in [0.2, 0.25) is 0 Å². The molecule has 0 fully saturated rings. The van der Waals surface area contributed by atoms with Crippen molar-refractivity contribution in [3.8, 4) is 0 Å². The van der Waals surface area contributed by atoms with E-state index >= 15 is 0 Å². The van der Waals surface area contributed by atoms with Crippen LogP contribution in [0.3, 0.4) is 0 Å². The van der Waals surface area contributed by atoms with Crippen molar-refractivity contribution in [2.24, 2.45) is 0 Å². The smallest absolute Gasteiger partial charge is 0.251 e. The minimum atomic E-state index is -0.303. The zero-order valence-electron chi connectivity index (χ0n) is 14.9. The van der Waals surface area contributed by atoms with Gasteiger partial charge in [0.2, 0.25) is 0 Å². The number of hydrogen-bond donors (Lipinski definition) is 2. The molecule has 1 aromatic carbocycles. The fourth-order valence-electron chi connectivity index (χ4n) is 2.78. The first-order valence-corrected chi connectivity index (χ1v) is 8.74. The third-order valence-electron chi connectivity index (χ3n) is 3.99. The van der Waals surface area contributed by atoms with Crippen LogP contribution >= 0.6 is 0 Å². The SMILES string of the molecule is CC(C)(C)NC(=O)c1cccc(C(=O)NCCC2=CCCCC2)c1. The lowest BCUT2D eigenvalue weighted by molar-refractivity contribution is 0.0919. The number of nitrogens with one attached hydrogen (secondary N) is 2. The fraction of sp³-hybridized carbons (Fsp3) is 0.500. The van der Waals surface area contributed by atoms with Gasteiger partial charge in [-0.3, -0.25) is 9.59 Å². The van der Waals surface area contributed by atoms with Crippen LogP contribution in [0.5, 0.6) is 0 Å². The summed E-state index contributed by atoms with van der Waals surface area (Å²) in [5.41, 5.74) is 2.17. The molecule has 0 heterocycles. The van der Waals surface area contributed by atoms with Gasteiger partial charge < -0.3 is 10.6 Å². The van der Waals surface area contributed by atoms with Gasteiger partial charge in [-0.15, -0.1) is 0 Å². The quantitative estimate of drug-likeness (QED) is 0.807. The molecule has 0 aliphatic heterocycles. The molecule has 2 amide bonds. The molecule has 2 rings (SSSR count). The van der Waals surface area contributed by atoms with E-state index in [-0.39, 0.29) is 17.4 Å². The van der Waals surface area contributed by atoms with Crippen LogP contribution in [-0.4, -0.2) is 23.9 Å². The van der Waals surface area contributed by atoms with Crippen molar-refractivity contribution >= 4 is 11.8 Å². The van der Waals surface area contributed by atoms with Gasteiger partial charge in [0, 0.05) is 23.2 Å². The van der Waals surface area contributed by atoms with Crippen molar-refractivity contribution in [3.63, 3.8) is 0 Å². The Kier molecular flexibility index (Phi) is 6.18. The second kappa shape index (κ2) is 8.13. The van der Waals surface area contributed by atoms with Gasteiger partial charge in [-0.05, 0) is 71.1 Å². The predicted octanol–water partition coefficient (Wildman–Crippen LogP) is 3.84. The molecule has 1 aliphatic rings. The summed E-state index contributed by atoms with van der Waals surface area (Å²) >= 11 is 0. The molecule has 0 spiro atoms. The first-order chi connectivity index (χ1) is 11.3. The second-order valence-corrected chi connectivity index (χ2v) is 7.40. The van der Waals surface area contributed by atoms with Gasteiger partial charge in [-0.1, -0.05) is 17.7 Å². The van der Waals surface area contributed by atoms with Gasteiger partial charge in [0.15, 0.2) is 0 Å². The van der Waals surface area contributed by atoms with Crippen molar-refractivity contribution in [3.05, 3.63) is 47.0 Å². The largest absolute Gasteiger partial charge is 0.352 e. The van der Waals surface area contributed by atoms with Gasteiger partial charge in [0.05, 0.1) is 0 Å². The number of carbonyl (C=O) groups is 2. The van der Waals surface area contributed by atoms with E-state index in [0.717, 1.165) is 19.3 Å². The van der Waals surface area contributed by atoms with E-state index in [4.69, 9.17) is 0 Å². The third-order valence-corrected chi connectivity index (χ3v) is 3.99. The normalized spacial score (nSPS) is 14.7. The molecule has 1 aromatic rings. The molecule has 2 N–H and O–H groups in total. The fourth-order valence-corrected chi connectivity index (χ4v) is 2.78. The number of benzene rings is 1. The van der Waals surface area contributed by atoms with Crippen LogP contribution in [0.1, 0.15) is 73.6 Å². The number of allylic oxidation sites excluding steroid dienone is 1. The van der Waals surface area contributed by atoms with Gasteiger partial charge in [-0.2, -0.15) is 0 Å². The average Bonchev–Trinajstić information content (AvgIpc) is 2.54. The van der Waals surface area contributed by atoms with E-state index in [0.29, 0.717) is 17.7 Å². The van der Waals surface area contributed by atoms with Gasteiger partial charge in [0.25, 0.3) is 11.8 Å². The Morgan fingerprint density at radius 1 is 1.08 bits per heavy atom. The van der Waals surface area contributed by atoms with Crippen LogP contribution in [0.4, 0.5) is 0 Å². The van der Waals surface area contributed by atoms with Gasteiger partial charge in [0.1, 0.15) is 0 Å². The second-order valence-electron chi connectivity index (χ2n) is 7.40. The standard InChI is InChI=1S/C20H28N2O2/c1-20(2,3)22-19(24)17-11-7-10-16(14-17)18(23)21-13-12-15-8-5-4-6-9-15/h7-8,10-11,14H,4-6,9,12-13H2,1-3H3,(H,21,23)(H,22,24). The lowest BCUT2D eigenvalue weighted by atomic mass is 9.97. The average molecular weight is 328 g/mol. The summed E-state index contributed by atoms with van der Waals surface area (Å²) in [6, 6.07) is 6.86. The maximum atomic E-state index is 12.3. The van der Waals surface area contributed by atoms with Crippen LogP contribution in [0, 0.1) is 0 Å². The molecule has 0 atom stereocenters. The van der Waals surface area contributed by atoms with Crippen molar-refractivity contribution in [1.29, 1.82) is 0 Å². The minimum absolute atomic E-state index is 0.128. The topological polar surface area (TPSA) is 58.2 Å². The Balaban J connectivity index is 1.91. The maximum absolute atomic E-state index is 12.3. The molecule has 4 nitrogen and oxygen atoms in total. The molecule has 0 saturated heterocycles. The summed E-state index contributed by atoms with van der Waals surface area (Å²) < 4.78 is 0. The van der Waals surface area contributed by atoms with E-state index in [1.165, 1.54) is 18.4 Å². The van der Waals surface area contributed by atoms with Crippen LogP contribution < -0.4 is 10.6 Å². The van der Waals surface area contributed by atoms with Crippen molar-refractivity contribution in [2.75, 3.05) is 6.54 Å². The molecule has 0 aromatic heterocycles. The van der Waals surface area contributed by atoms with Crippen LogP contribution in [0.25, 0.3) is 0 Å². The first-order valence-electron chi connectivity index (χ1n) is 8.74. The number of rotatable bonds is 5. The van der Waals surface area contributed by atoms with Crippen molar-refractivity contribution in [2.45, 2.75) is 58.4 Å². The first kappa shape index (κ1) is 18.2. The zero-order chi connectivity index (χ0) is 17.6. The van der Waals surface area contributed by atoms with Crippen molar-refractivity contribution in [1.82, 2.24) is 10.6 Å². The highest BCUT2D eigenvalue weighted by Crippen LogP contribution is 2.19. The molecule has 0 unspecified atom stereocenters. The molecular formula is C20H28N2O2. The Labute approximate surface area is 144 Å². The molecule has 0 saturated carbocycles. The number of hydrogen-bond acceptors (Lipinski definition) is 2. The monoisotopic (exact) mass is 328 g/mol. The van der Waals surface area contributed by atoms with E-state index < -0.39 is 0 Å². The minimum Gasteiger partial charge on any atom is -0.352 e. The summed E-state index contributed by atoms with van der Waals surface area (Å²) in [7, 11) is 0. The predicted molar refractivity (Wildman–Crippen MR) is 97.2 cm³/mol. The highest BCUT2D eigenvalue weighted by molar-refractivity contribution is 5.99. The highest BCUT2D eigenvalue weighted by Gasteiger charge is 2.16. The maximum Gasteiger partial charge on any atom is 0.251 e. The molecular weight excluding hydrogens is 300 g/mol. The molecule has 0 radical (unpaired) electrons. The summed E-state index contributed by atoms with van der Waals surface area (Å²) in [6.07, 6.45) is 8.06. The van der Waals surface area contributed by atoms with Crippen LogP contribution in [0.15, 0.2) is 35.9 Å². The molecule has 0 bridgehead atoms. The van der Waals surface area contributed by atoms with Crippen LogP contribution in [-0.2, 0) is 0 Å². The Morgan fingerprint density at radius 3 is 2.42 bits per heavy atom. The Morgan fingerprint density at radius 2 is 1.79 bits per heavy atom. The van der Waals surface area contributed by atoms with Gasteiger partial charge in [-0.25, -0.2) is 0 Å². The van der Waals surface area contributed by atoms with Gasteiger partial charge >= 0.3 is 0 Å². The number of amides is 2. The van der Waals surface area contributed by atoms with E-state index in [2.05, 4.69) is 16.7 Å². The lowest BCUT2D eigenvalue weighted by Crippen LogP contribution is -2.40. The number of carbonyl (C=O) groups excluding carboxylic acids is 2. The molecule has 1 aliphatic carbocycles. The summed E-state index contributed by atoms with van der Waals surface area (Å²) in [5.74, 6) is -0.290. The third kappa shape index (κ3) is 5.84. The van der Waals surface area contributed by atoms with E-state index in [1.54, 1.807) is 24.3 Å². The highest BCUT2D eigenvalue weighted by atomic mass is 16.2. The Bertz CT molecular complexity index is 627. The Hall–Kier alpha value is -2.10. The summed E-state index contributed by atoms with van der Waals surface area (Å²) in [6.45, 7) is 6.44. The lowest BCUT2D eigenvalue weighted by Gasteiger charge is -2.20. The van der Waals surface area contributed by atoms with Crippen molar-refractivity contribution < 1.29 is 9.59 Å². The summed E-state index contributed by atoms with van der Waals surface area (Å²) in [4.78, 5) is 24.5. The van der Waals surface area contributed by atoms with E-state index in [9.17, 15) is 9.59 Å².